The fraction of sp³-hybridized carbons (Fsp3) is 0.750. The molecule has 1 aliphatic heterocycles. The summed E-state index contributed by atoms with van der Waals surface area (Å²) < 4.78 is 0. The number of hydrogen-bond acceptors (Lipinski definition) is 2. The van der Waals surface area contributed by atoms with Crippen LogP contribution in [-0.4, -0.2) is 6.54 Å². The van der Waals surface area contributed by atoms with Crippen molar-refractivity contribution in [3.8, 4) is 0 Å². The van der Waals surface area contributed by atoms with Crippen LogP contribution in [0.5, 0.6) is 0 Å². The lowest BCUT2D eigenvalue weighted by Gasteiger charge is -2.03. The first-order chi connectivity index (χ1) is 4.80. The molecule has 0 aromatic heterocycles. The maximum atomic E-state index is 5.03. The molecular formula is C8H17NO. The number of hydrogen-bond donors (Lipinski definition) is 1. The van der Waals surface area contributed by atoms with Crippen LogP contribution in [0.1, 0.15) is 27.7 Å². The molecule has 2 heteroatoms. The molecule has 0 aromatic carbocycles. The third-order valence-corrected chi connectivity index (χ3v) is 1.15. The minimum Gasteiger partial charge on any atom is -0.413 e. The second-order valence-electron chi connectivity index (χ2n) is 2.21. The van der Waals surface area contributed by atoms with E-state index in [1.165, 1.54) is 0 Å². The highest BCUT2D eigenvalue weighted by molar-refractivity contribution is 4.99. The van der Waals surface area contributed by atoms with Gasteiger partial charge < -0.3 is 4.84 Å². The van der Waals surface area contributed by atoms with Crippen molar-refractivity contribution in [2.75, 3.05) is 6.54 Å². The number of hydroxylamine groups is 1. The van der Waals surface area contributed by atoms with Crippen LogP contribution in [0.3, 0.4) is 0 Å². The van der Waals surface area contributed by atoms with E-state index >= 15 is 0 Å². The molecule has 0 aliphatic carbocycles. The lowest BCUT2D eigenvalue weighted by Crippen LogP contribution is -2.06. The van der Waals surface area contributed by atoms with Crippen LogP contribution in [0.4, 0.5) is 0 Å². The Balaban J connectivity index is 0.000000371. The summed E-state index contributed by atoms with van der Waals surface area (Å²) >= 11 is 0. The van der Waals surface area contributed by atoms with Gasteiger partial charge in [0, 0.05) is 5.92 Å². The van der Waals surface area contributed by atoms with Crippen LogP contribution >= 0.6 is 0 Å². The predicted octanol–water partition coefficient (Wildman–Crippen LogP) is 2.09. The zero-order valence-electron chi connectivity index (χ0n) is 7.27. The van der Waals surface area contributed by atoms with Crippen LogP contribution < -0.4 is 5.48 Å². The first-order valence-electron chi connectivity index (χ1n) is 3.90. The van der Waals surface area contributed by atoms with Crippen molar-refractivity contribution in [2.45, 2.75) is 27.7 Å². The molecule has 0 saturated heterocycles. The second-order valence-corrected chi connectivity index (χ2v) is 2.21. The van der Waals surface area contributed by atoms with Gasteiger partial charge in [0.05, 0.1) is 6.54 Å². The molecule has 0 atom stereocenters. The highest BCUT2D eigenvalue weighted by Gasteiger charge is 2.07. The third-order valence-electron chi connectivity index (χ3n) is 1.15. The summed E-state index contributed by atoms with van der Waals surface area (Å²) in [6.45, 7) is 9.07. The van der Waals surface area contributed by atoms with E-state index in [-0.39, 0.29) is 0 Å². The number of nitrogens with one attached hydrogen (secondary N) is 1. The van der Waals surface area contributed by atoms with Crippen LogP contribution in [0, 0.1) is 5.92 Å². The van der Waals surface area contributed by atoms with Crippen molar-refractivity contribution in [3.05, 3.63) is 11.8 Å². The zero-order chi connectivity index (χ0) is 7.98. The summed E-state index contributed by atoms with van der Waals surface area (Å²) in [5.41, 5.74) is 2.76. The topological polar surface area (TPSA) is 21.3 Å². The normalized spacial score (nSPS) is 15.5. The number of rotatable bonds is 1. The summed E-state index contributed by atoms with van der Waals surface area (Å²) in [5, 5.41) is 0. The summed E-state index contributed by atoms with van der Waals surface area (Å²) in [6.07, 6.45) is 2.06. The summed E-state index contributed by atoms with van der Waals surface area (Å²) in [7, 11) is 0. The second kappa shape index (κ2) is 5.30. The van der Waals surface area contributed by atoms with Gasteiger partial charge in [0.1, 0.15) is 5.76 Å². The highest BCUT2D eigenvalue weighted by atomic mass is 16.7. The first-order valence-corrected chi connectivity index (χ1v) is 3.90. The van der Waals surface area contributed by atoms with Crippen LogP contribution in [-0.2, 0) is 4.84 Å². The Labute approximate surface area is 63.2 Å². The third kappa shape index (κ3) is 2.87. The van der Waals surface area contributed by atoms with Crippen molar-refractivity contribution < 1.29 is 4.84 Å². The van der Waals surface area contributed by atoms with Gasteiger partial charge in [0.25, 0.3) is 0 Å². The molecule has 0 radical (unpaired) electrons. The molecule has 0 spiro atoms. The number of allylic oxidation sites excluding steroid dienone is 1. The highest BCUT2D eigenvalue weighted by Crippen LogP contribution is 2.11. The van der Waals surface area contributed by atoms with Gasteiger partial charge in [-0.15, -0.1) is 0 Å². The van der Waals surface area contributed by atoms with E-state index in [9.17, 15) is 0 Å². The molecule has 0 bridgehead atoms. The molecule has 10 heavy (non-hydrogen) atoms. The van der Waals surface area contributed by atoms with Gasteiger partial charge in [0.2, 0.25) is 0 Å². The summed E-state index contributed by atoms with van der Waals surface area (Å²) in [6, 6.07) is 0. The maximum absolute atomic E-state index is 5.03. The molecular weight excluding hydrogens is 126 g/mol. The quantitative estimate of drug-likeness (QED) is 0.607. The smallest absolute Gasteiger partial charge is 0.124 e. The average Bonchev–Trinajstić information content (AvgIpc) is 2.42. The van der Waals surface area contributed by atoms with Crippen molar-refractivity contribution in [1.29, 1.82) is 0 Å². The largest absolute Gasteiger partial charge is 0.413 e. The molecule has 0 fully saturated rings. The van der Waals surface area contributed by atoms with E-state index in [0.717, 1.165) is 12.3 Å². The van der Waals surface area contributed by atoms with Crippen molar-refractivity contribution in [2.24, 2.45) is 5.92 Å². The molecule has 1 N–H and O–H groups in total. The van der Waals surface area contributed by atoms with E-state index in [0.29, 0.717) is 5.92 Å². The van der Waals surface area contributed by atoms with Gasteiger partial charge >= 0.3 is 0 Å². The van der Waals surface area contributed by atoms with Gasteiger partial charge in [-0.05, 0) is 6.08 Å². The van der Waals surface area contributed by atoms with Gasteiger partial charge in [-0.2, -0.15) is 5.48 Å². The Morgan fingerprint density at radius 3 is 2.30 bits per heavy atom. The Hall–Kier alpha value is -0.500. The molecule has 2 nitrogen and oxygen atoms in total. The van der Waals surface area contributed by atoms with E-state index in [1.807, 2.05) is 13.8 Å². The Morgan fingerprint density at radius 2 is 2.10 bits per heavy atom. The molecule has 0 amide bonds. The van der Waals surface area contributed by atoms with Crippen LogP contribution in [0.15, 0.2) is 11.8 Å². The Kier molecular flexibility index (Phi) is 5.03. The van der Waals surface area contributed by atoms with Gasteiger partial charge in [-0.25, -0.2) is 0 Å². The van der Waals surface area contributed by atoms with E-state index in [1.54, 1.807) is 0 Å². The van der Waals surface area contributed by atoms with Crippen LogP contribution in [0.2, 0.25) is 0 Å². The predicted molar refractivity (Wildman–Crippen MR) is 43.4 cm³/mol. The Morgan fingerprint density at radius 1 is 1.50 bits per heavy atom. The lowest BCUT2D eigenvalue weighted by atomic mass is 10.2. The molecule has 1 heterocycles. The minimum absolute atomic E-state index is 0.519. The van der Waals surface area contributed by atoms with Crippen LogP contribution in [0.25, 0.3) is 0 Å². The van der Waals surface area contributed by atoms with Crippen molar-refractivity contribution >= 4 is 0 Å². The fourth-order valence-corrected chi connectivity index (χ4v) is 0.662. The lowest BCUT2D eigenvalue weighted by molar-refractivity contribution is 0.120. The standard InChI is InChI=1S/C6H11NO.C2H6/c1-5(2)6-3-4-7-8-6;1-2/h3,5,7H,4H2,1-2H3;1-2H3. The SMILES string of the molecule is CC.CC(C)C1=CCNO1. The van der Waals surface area contributed by atoms with E-state index in [4.69, 9.17) is 4.84 Å². The summed E-state index contributed by atoms with van der Waals surface area (Å²) in [4.78, 5) is 5.03. The molecule has 1 aliphatic rings. The Bertz CT molecular complexity index is 108. The first kappa shape index (κ1) is 9.50. The van der Waals surface area contributed by atoms with Gasteiger partial charge in [-0.3, -0.25) is 0 Å². The molecule has 0 unspecified atom stereocenters. The maximum Gasteiger partial charge on any atom is 0.124 e. The fourth-order valence-electron chi connectivity index (χ4n) is 0.662. The van der Waals surface area contributed by atoms with Gasteiger partial charge in [0.15, 0.2) is 0 Å². The minimum atomic E-state index is 0.519. The molecule has 0 aromatic rings. The van der Waals surface area contributed by atoms with Crippen molar-refractivity contribution in [3.63, 3.8) is 0 Å². The molecule has 0 saturated carbocycles. The summed E-state index contributed by atoms with van der Waals surface area (Å²) in [5.74, 6) is 1.58. The zero-order valence-corrected chi connectivity index (χ0v) is 7.27. The molecule has 60 valence electrons. The van der Waals surface area contributed by atoms with Crippen molar-refractivity contribution in [1.82, 2.24) is 5.48 Å². The van der Waals surface area contributed by atoms with Gasteiger partial charge in [-0.1, -0.05) is 27.7 Å². The monoisotopic (exact) mass is 143 g/mol. The molecule has 1 rings (SSSR count). The van der Waals surface area contributed by atoms with E-state index in [2.05, 4.69) is 25.4 Å². The average molecular weight is 143 g/mol. The van der Waals surface area contributed by atoms with E-state index < -0.39 is 0 Å².